The number of hydrogen-bond donors (Lipinski definition) is 1. The Morgan fingerprint density at radius 2 is 1.66 bits per heavy atom. The maximum absolute atomic E-state index is 11.9. The number of halogens is 1. The zero-order valence-corrected chi connectivity index (χ0v) is 21.1. The number of aryl methyl sites for hydroxylation is 1. The molecule has 0 saturated heterocycles. The maximum Gasteiger partial charge on any atom is 0.219 e. The monoisotopic (exact) mass is 442 g/mol. The Morgan fingerprint density at radius 1 is 1.00 bits per heavy atom. The second-order valence-corrected chi connectivity index (χ2v) is 6.59. The fourth-order valence-electron chi connectivity index (χ4n) is 2.31. The van der Waals surface area contributed by atoms with Gasteiger partial charge >= 0.3 is 0 Å². The summed E-state index contributed by atoms with van der Waals surface area (Å²) in [5.41, 5.74) is 3.75. The van der Waals surface area contributed by atoms with Crippen molar-refractivity contribution in [2.24, 2.45) is 0 Å². The lowest BCUT2D eigenvalue weighted by atomic mass is 10.0. The Hall–Kier alpha value is -2.75. The smallest absolute Gasteiger partial charge is 0.219 e. The number of nitrogens with zero attached hydrogens (tertiary/aromatic N) is 1. The van der Waals surface area contributed by atoms with E-state index in [0.717, 1.165) is 31.5 Å². The molecule has 0 aliphatic heterocycles. The highest BCUT2D eigenvalue weighted by Gasteiger charge is 1.96. The zero-order chi connectivity index (χ0) is 24.6. The number of aromatic nitrogens is 1. The van der Waals surface area contributed by atoms with Crippen molar-refractivity contribution in [3.8, 4) is 0 Å². The Kier molecular flexibility index (Phi) is 22.5. The molecule has 1 amide bonds. The van der Waals surface area contributed by atoms with Crippen LogP contribution in [0.1, 0.15) is 72.1 Å². The van der Waals surface area contributed by atoms with Crippen LogP contribution in [0.15, 0.2) is 72.5 Å². The normalized spacial score (nSPS) is 10.1. The first-order valence-corrected chi connectivity index (χ1v) is 11.7. The number of pyridine rings is 1. The lowest BCUT2D eigenvalue weighted by Gasteiger charge is -2.03. The Labute approximate surface area is 195 Å². The molecule has 0 saturated carbocycles. The molecular formula is C28H43FN2O. The van der Waals surface area contributed by atoms with E-state index < -0.39 is 0 Å². The van der Waals surface area contributed by atoms with Crippen LogP contribution in [0.2, 0.25) is 0 Å². The summed E-state index contributed by atoms with van der Waals surface area (Å²) in [5.74, 6) is -0.0509. The highest BCUT2D eigenvalue weighted by atomic mass is 19.1. The lowest BCUT2D eigenvalue weighted by Crippen LogP contribution is -2.20. The number of allylic oxidation sites excluding steroid dienone is 4. The third-order valence-corrected chi connectivity index (χ3v) is 3.84. The summed E-state index contributed by atoms with van der Waals surface area (Å²) in [6.45, 7) is 14.8. The van der Waals surface area contributed by atoms with Gasteiger partial charge in [0.25, 0.3) is 0 Å². The number of rotatable bonds is 7. The minimum Gasteiger partial charge on any atom is -0.356 e. The Morgan fingerprint density at radius 3 is 2.03 bits per heavy atom. The Balaban J connectivity index is 0. The van der Waals surface area contributed by atoms with Crippen LogP contribution in [0.25, 0.3) is 0 Å². The van der Waals surface area contributed by atoms with Gasteiger partial charge in [-0.2, -0.15) is 0 Å². The van der Waals surface area contributed by atoms with Gasteiger partial charge < -0.3 is 5.32 Å². The van der Waals surface area contributed by atoms with E-state index in [9.17, 15) is 9.18 Å². The molecule has 0 bridgehead atoms. The molecule has 0 aliphatic rings. The van der Waals surface area contributed by atoms with Gasteiger partial charge in [-0.25, -0.2) is 4.39 Å². The fourth-order valence-corrected chi connectivity index (χ4v) is 2.31. The molecule has 0 unspecified atom stereocenters. The molecule has 4 heteroatoms. The van der Waals surface area contributed by atoms with Crippen molar-refractivity contribution < 1.29 is 9.18 Å². The van der Waals surface area contributed by atoms with Crippen LogP contribution in [0.4, 0.5) is 4.39 Å². The summed E-state index contributed by atoms with van der Waals surface area (Å²) in [6, 6.07) is 12.2. The SMILES string of the molecule is CC.CC/C=C\C(=C/CC)Cc1ccc(C)nc1.CCNC(=O)CC.Fc1ccccc1. The molecule has 0 atom stereocenters. The van der Waals surface area contributed by atoms with Gasteiger partial charge in [-0.15, -0.1) is 0 Å². The molecule has 178 valence electrons. The molecule has 0 fully saturated rings. The quantitative estimate of drug-likeness (QED) is 0.448. The van der Waals surface area contributed by atoms with E-state index in [1.165, 1.54) is 23.3 Å². The van der Waals surface area contributed by atoms with Crippen LogP contribution in [0.3, 0.4) is 0 Å². The minimum atomic E-state index is -0.178. The molecule has 3 nitrogen and oxygen atoms in total. The van der Waals surface area contributed by atoms with Crippen molar-refractivity contribution in [3.63, 3.8) is 0 Å². The number of amides is 1. The summed E-state index contributed by atoms with van der Waals surface area (Å²) < 4.78 is 11.9. The first kappa shape index (κ1) is 31.4. The van der Waals surface area contributed by atoms with Gasteiger partial charge in [0.2, 0.25) is 5.91 Å². The number of carbonyl (C=O) groups is 1. The summed E-state index contributed by atoms with van der Waals surface area (Å²) in [5, 5.41) is 2.66. The maximum atomic E-state index is 11.9. The second kappa shape index (κ2) is 22.9. The van der Waals surface area contributed by atoms with Gasteiger partial charge in [0, 0.05) is 24.9 Å². The average Bonchev–Trinajstić information content (AvgIpc) is 2.82. The highest BCUT2D eigenvalue weighted by molar-refractivity contribution is 5.75. The molecule has 0 aliphatic carbocycles. The molecule has 1 N–H and O–H groups in total. The largest absolute Gasteiger partial charge is 0.356 e. The molecule has 1 heterocycles. The van der Waals surface area contributed by atoms with Crippen molar-refractivity contribution in [3.05, 3.63) is 89.5 Å². The van der Waals surface area contributed by atoms with Gasteiger partial charge in [0.05, 0.1) is 0 Å². The second-order valence-electron chi connectivity index (χ2n) is 6.59. The summed E-state index contributed by atoms with van der Waals surface area (Å²) in [7, 11) is 0. The van der Waals surface area contributed by atoms with Gasteiger partial charge in [0.1, 0.15) is 5.82 Å². The van der Waals surface area contributed by atoms with E-state index in [2.05, 4.69) is 54.5 Å². The fraction of sp³-hybridized carbons (Fsp3) is 0.429. The molecular weight excluding hydrogens is 399 g/mol. The van der Waals surface area contributed by atoms with Crippen LogP contribution in [0, 0.1) is 12.7 Å². The molecule has 1 aromatic heterocycles. The van der Waals surface area contributed by atoms with Crippen LogP contribution in [-0.2, 0) is 11.2 Å². The molecule has 2 aromatic rings. The molecule has 0 spiro atoms. The first-order valence-electron chi connectivity index (χ1n) is 11.7. The third-order valence-electron chi connectivity index (χ3n) is 3.84. The summed E-state index contributed by atoms with van der Waals surface area (Å²) in [6.07, 6.45) is 12.4. The van der Waals surface area contributed by atoms with Crippen LogP contribution in [0.5, 0.6) is 0 Å². The van der Waals surface area contributed by atoms with Crippen molar-refractivity contribution in [1.29, 1.82) is 0 Å². The highest BCUT2D eigenvalue weighted by Crippen LogP contribution is 2.10. The lowest BCUT2D eigenvalue weighted by molar-refractivity contribution is -0.120. The summed E-state index contributed by atoms with van der Waals surface area (Å²) >= 11 is 0. The molecule has 32 heavy (non-hydrogen) atoms. The van der Waals surface area contributed by atoms with Crippen molar-refractivity contribution in [2.45, 2.75) is 74.1 Å². The van der Waals surface area contributed by atoms with Gasteiger partial charge in [0.15, 0.2) is 0 Å². The average molecular weight is 443 g/mol. The van der Waals surface area contributed by atoms with Crippen LogP contribution in [-0.4, -0.2) is 17.4 Å². The molecule has 2 rings (SSSR count). The number of carbonyl (C=O) groups excluding carboxylic acids is 1. The number of nitrogens with one attached hydrogen (secondary N) is 1. The predicted molar refractivity (Wildman–Crippen MR) is 137 cm³/mol. The standard InChI is InChI=1S/C15H21N.C6H5F.C5H11NO.C2H6/c1-4-6-8-14(7-5-2)11-15-10-9-13(3)16-12-15;7-6-4-2-1-3-5-6;1-3-5(7)6-4-2;1-2/h6-10,12H,4-5,11H2,1-3H3;1-5H;3-4H2,1-2H3,(H,6,7);1-2H3/b8-6-,14-7+;;;. The van der Waals surface area contributed by atoms with Gasteiger partial charge in [-0.1, -0.05) is 77.1 Å². The third kappa shape index (κ3) is 19.2. The minimum absolute atomic E-state index is 0.127. The Bertz CT molecular complexity index is 738. The zero-order valence-electron chi connectivity index (χ0n) is 21.1. The van der Waals surface area contributed by atoms with E-state index in [1.54, 1.807) is 18.2 Å². The molecule has 0 radical (unpaired) electrons. The van der Waals surface area contributed by atoms with Gasteiger partial charge in [-0.05, 0) is 62.4 Å². The molecule has 1 aromatic carbocycles. The van der Waals surface area contributed by atoms with E-state index in [-0.39, 0.29) is 11.7 Å². The summed E-state index contributed by atoms with van der Waals surface area (Å²) in [4.78, 5) is 14.6. The van der Waals surface area contributed by atoms with Gasteiger partial charge in [-0.3, -0.25) is 9.78 Å². The van der Waals surface area contributed by atoms with Crippen LogP contribution < -0.4 is 5.32 Å². The van der Waals surface area contributed by atoms with E-state index in [1.807, 2.05) is 40.8 Å². The topological polar surface area (TPSA) is 42.0 Å². The van der Waals surface area contributed by atoms with Crippen molar-refractivity contribution in [2.75, 3.05) is 6.54 Å². The van der Waals surface area contributed by atoms with E-state index >= 15 is 0 Å². The number of hydrogen-bond acceptors (Lipinski definition) is 2. The van der Waals surface area contributed by atoms with Crippen LogP contribution >= 0.6 is 0 Å². The van der Waals surface area contributed by atoms with Crippen molar-refractivity contribution in [1.82, 2.24) is 10.3 Å². The number of benzene rings is 1. The van der Waals surface area contributed by atoms with E-state index in [4.69, 9.17) is 0 Å². The van der Waals surface area contributed by atoms with Crippen molar-refractivity contribution >= 4 is 5.91 Å². The van der Waals surface area contributed by atoms with E-state index in [0.29, 0.717) is 6.42 Å². The predicted octanol–water partition coefficient (Wildman–Crippen LogP) is 7.62. The first-order chi connectivity index (χ1) is 15.5.